The normalized spacial score (nSPS) is 14.3. The van der Waals surface area contributed by atoms with Gasteiger partial charge >= 0.3 is 0 Å². The summed E-state index contributed by atoms with van der Waals surface area (Å²) in [5.74, 6) is 0.231. The van der Waals surface area contributed by atoms with Gasteiger partial charge in [-0.1, -0.05) is 30.8 Å². The first kappa shape index (κ1) is 20.9. The number of H-pyrrole nitrogens is 1. The third-order valence-corrected chi connectivity index (χ3v) is 7.59. The molecule has 6 nitrogen and oxygen atoms in total. The lowest BCUT2D eigenvalue weighted by atomic mass is 10.0. The number of benzene rings is 1. The van der Waals surface area contributed by atoms with E-state index in [1.165, 1.54) is 29.5 Å². The molecule has 1 amide bonds. The molecule has 8 heteroatoms. The summed E-state index contributed by atoms with van der Waals surface area (Å²) >= 11 is 3.07. The van der Waals surface area contributed by atoms with Gasteiger partial charge in [-0.25, -0.2) is 9.97 Å². The summed E-state index contributed by atoms with van der Waals surface area (Å²) in [5, 5.41) is 13.7. The Kier molecular flexibility index (Phi) is 6.43. The van der Waals surface area contributed by atoms with Crippen molar-refractivity contribution < 1.29 is 9.90 Å². The van der Waals surface area contributed by atoms with Crippen molar-refractivity contribution in [2.24, 2.45) is 0 Å². The minimum absolute atomic E-state index is 0.0252. The molecule has 3 aromatic rings. The standard InChI is InChI=1S/C22H26N4O2S2/c1-3-18(20(28)26-22-24-16-6-4-5-7-19(16)30-22)29-21-23-13(2)17(25-21)12-14-8-10-15(27)11-9-14/h8-11,18,27H,3-7,12H2,1-2H3,(H,23,25)(H,24,26,28). The Hall–Kier alpha value is -2.32. The van der Waals surface area contributed by atoms with Crippen LogP contribution in [0.15, 0.2) is 29.4 Å². The minimum atomic E-state index is -0.238. The van der Waals surface area contributed by atoms with Gasteiger partial charge in [0, 0.05) is 17.0 Å². The van der Waals surface area contributed by atoms with Gasteiger partial charge in [-0.2, -0.15) is 0 Å². The van der Waals surface area contributed by atoms with Crippen LogP contribution in [0.4, 0.5) is 5.13 Å². The van der Waals surface area contributed by atoms with Crippen LogP contribution in [-0.4, -0.2) is 31.2 Å². The molecule has 1 unspecified atom stereocenters. The Bertz CT molecular complexity index is 1000. The number of carbonyl (C=O) groups excluding carboxylic acids is 1. The molecule has 0 aliphatic heterocycles. The monoisotopic (exact) mass is 442 g/mol. The number of phenols is 1. The average molecular weight is 443 g/mol. The molecule has 0 saturated carbocycles. The topological polar surface area (TPSA) is 90.9 Å². The SMILES string of the molecule is CCC(Sc1nc(Cc2ccc(O)cc2)c(C)[nH]1)C(=O)Nc1nc2c(s1)CCCC2. The zero-order valence-corrected chi connectivity index (χ0v) is 18.8. The van der Waals surface area contributed by atoms with E-state index in [0.29, 0.717) is 12.8 Å². The molecule has 0 fully saturated rings. The van der Waals surface area contributed by atoms with Crippen LogP contribution in [0.5, 0.6) is 5.75 Å². The predicted molar refractivity (Wildman–Crippen MR) is 122 cm³/mol. The lowest BCUT2D eigenvalue weighted by Gasteiger charge is -2.11. The van der Waals surface area contributed by atoms with E-state index in [1.807, 2.05) is 26.0 Å². The number of imidazole rings is 1. The third kappa shape index (κ3) is 4.87. The van der Waals surface area contributed by atoms with E-state index in [4.69, 9.17) is 4.98 Å². The second kappa shape index (κ2) is 9.22. The van der Waals surface area contributed by atoms with Crippen LogP contribution >= 0.6 is 23.1 Å². The van der Waals surface area contributed by atoms with Crippen molar-refractivity contribution in [2.75, 3.05) is 5.32 Å². The molecule has 1 aliphatic carbocycles. The summed E-state index contributed by atoms with van der Waals surface area (Å²) in [6.07, 6.45) is 5.86. The largest absolute Gasteiger partial charge is 0.508 e. The van der Waals surface area contributed by atoms with Crippen molar-refractivity contribution in [1.82, 2.24) is 15.0 Å². The number of aromatic hydroxyl groups is 1. The molecule has 4 rings (SSSR count). The lowest BCUT2D eigenvalue weighted by Crippen LogP contribution is -2.24. The quantitative estimate of drug-likeness (QED) is 0.455. The number of aryl methyl sites for hydroxylation is 3. The summed E-state index contributed by atoms with van der Waals surface area (Å²) in [6.45, 7) is 4.01. The van der Waals surface area contributed by atoms with Crippen molar-refractivity contribution in [3.8, 4) is 5.75 Å². The molecular weight excluding hydrogens is 416 g/mol. The fourth-order valence-electron chi connectivity index (χ4n) is 3.55. The second-order valence-electron chi connectivity index (χ2n) is 7.56. The molecule has 0 spiro atoms. The molecule has 1 aliphatic rings. The fraction of sp³-hybridized carbons (Fsp3) is 0.409. The van der Waals surface area contributed by atoms with E-state index in [-0.39, 0.29) is 16.9 Å². The maximum Gasteiger partial charge on any atom is 0.239 e. The molecular formula is C22H26N4O2S2. The molecule has 0 bridgehead atoms. The summed E-state index contributed by atoms with van der Waals surface area (Å²) in [7, 11) is 0. The van der Waals surface area contributed by atoms with Crippen molar-refractivity contribution >= 4 is 34.1 Å². The van der Waals surface area contributed by atoms with E-state index in [0.717, 1.165) is 45.8 Å². The third-order valence-electron chi connectivity index (χ3n) is 5.26. The van der Waals surface area contributed by atoms with Crippen LogP contribution in [0.25, 0.3) is 0 Å². The Balaban J connectivity index is 1.41. The Morgan fingerprint density at radius 3 is 2.77 bits per heavy atom. The molecule has 0 radical (unpaired) electrons. The highest BCUT2D eigenvalue weighted by Gasteiger charge is 2.23. The van der Waals surface area contributed by atoms with Crippen LogP contribution in [0.2, 0.25) is 0 Å². The molecule has 2 heterocycles. The number of aromatic amines is 1. The first-order valence-corrected chi connectivity index (χ1v) is 12.0. The number of rotatable bonds is 7. The number of nitrogens with zero attached hydrogens (tertiary/aromatic N) is 2. The van der Waals surface area contributed by atoms with Gasteiger partial charge in [0.05, 0.1) is 16.6 Å². The molecule has 1 aromatic carbocycles. The molecule has 158 valence electrons. The van der Waals surface area contributed by atoms with Crippen molar-refractivity contribution in [3.05, 3.63) is 51.8 Å². The van der Waals surface area contributed by atoms with Crippen molar-refractivity contribution in [3.63, 3.8) is 0 Å². The van der Waals surface area contributed by atoms with Crippen molar-refractivity contribution in [1.29, 1.82) is 0 Å². The number of aromatic nitrogens is 3. The lowest BCUT2D eigenvalue weighted by molar-refractivity contribution is -0.115. The van der Waals surface area contributed by atoms with Gasteiger partial charge in [0.1, 0.15) is 5.75 Å². The highest BCUT2D eigenvalue weighted by Crippen LogP contribution is 2.31. The van der Waals surface area contributed by atoms with E-state index in [1.54, 1.807) is 23.5 Å². The fourth-order valence-corrected chi connectivity index (χ4v) is 5.58. The van der Waals surface area contributed by atoms with Gasteiger partial charge < -0.3 is 15.4 Å². The molecule has 3 N–H and O–H groups in total. The summed E-state index contributed by atoms with van der Waals surface area (Å²) < 4.78 is 0. The first-order valence-electron chi connectivity index (χ1n) is 10.3. The number of amides is 1. The average Bonchev–Trinajstić information content (AvgIpc) is 3.30. The number of hydrogen-bond acceptors (Lipinski definition) is 6. The number of thioether (sulfide) groups is 1. The van der Waals surface area contributed by atoms with Crippen molar-refractivity contribution in [2.45, 2.75) is 62.8 Å². The summed E-state index contributed by atoms with van der Waals surface area (Å²) in [6, 6.07) is 7.15. The number of phenolic OH excluding ortho intramolecular Hbond substituents is 1. The van der Waals surface area contributed by atoms with Crippen LogP contribution < -0.4 is 5.32 Å². The number of anilines is 1. The van der Waals surface area contributed by atoms with E-state index in [2.05, 4.69) is 15.3 Å². The van der Waals surface area contributed by atoms with E-state index < -0.39 is 0 Å². The predicted octanol–water partition coefficient (Wildman–Crippen LogP) is 4.86. The number of nitrogens with one attached hydrogen (secondary N) is 2. The number of hydrogen-bond donors (Lipinski definition) is 3. The van der Waals surface area contributed by atoms with Gasteiger partial charge in [-0.05, 0) is 56.7 Å². The molecule has 2 aromatic heterocycles. The molecule has 0 saturated heterocycles. The highest BCUT2D eigenvalue weighted by atomic mass is 32.2. The summed E-state index contributed by atoms with van der Waals surface area (Å²) in [5.41, 5.74) is 4.18. The number of thiazole rings is 1. The molecule has 1 atom stereocenters. The Morgan fingerprint density at radius 2 is 2.03 bits per heavy atom. The van der Waals surface area contributed by atoms with E-state index >= 15 is 0 Å². The highest BCUT2D eigenvalue weighted by molar-refractivity contribution is 8.00. The number of carbonyl (C=O) groups is 1. The van der Waals surface area contributed by atoms with Crippen LogP contribution in [-0.2, 0) is 24.1 Å². The summed E-state index contributed by atoms with van der Waals surface area (Å²) in [4.78, 5) is 26.8. The van der Waals surface area contributed by atoms with Crippen LogP contribution in [0.1, 0.15) is 53.7 Å². The maximum atomic E-state index is 12.8. The number of fused-ring (bicyclic) bond motifs is 1. The molecule has 30 heavy (non-hydrogen) atoms. The van der Waals surface area contributed by atoms with Gasteiger partial charge in [-0.3, -0.25) is 4.79 Å². The minimum Gasteiger partial charge on any atom is -0.508 e. The van der Waals surface area contributed by atoms with Gasteiger partial charge in [0.2, 0.25) is 5.91 Å². The second-order valence-corrected chi connectivity index (χ2v) is 9.83. The first-order chi connectivity index (χ1) is 14.5. The zero-order valence-electron chi connectivity index (χ0n) is 17.2. The van der Waals surface area contributed by atoms with Crippen LogP contribution in [0.3, 0.4) is 0 Å². The van der Waals surface area contributed by atoms with Crippen LogP contribution in [0, 0.1) is 6.92 Å². The smallest absolute Gasteiger partial charge is 0.239 e. The zero-order chi connectivity index (χ0) is 21.1. The van der Waals surface area contributed by atoms with Gasteiger partial charge in [0.15, 0.2) is 10.3 Å². The van der Waals surface area contributed by atoms with Gasteiger partial charge in [0.25, 0.3) is 0 Å². The Morgan fingerprint density at radius 1 is 1.27 bits per heavy atom. The van der Waals surface area contributed by atoms with Gasteiger partial charge in [-0.15, -0.1) is 11.3 Å². The Labute approximate surface area is 184 Å². The maximum absolute atomic E-state index is 12.8. The van der Waals surface area contributed by atoms with E-state index in [9.17, 15) is 9.90 Å².